The molecule has 0 aliphatic heterocycles. The van der Waals surface area contributed by atoms with E-state index in [1.54, 1.807) is 12.4 Å². The summed E-state index contributed by atoms with van der Waals surface area (Å²) in [5.74, 6) is 0.0653. The van der Waals surface area contributed by atoms with Crippen LogP contribution in [0.25, 0.3) is 0 Å². The van der Waals surface area contributed by atoms with Crippen molar-refractivity contribution in [2.45, 2.75) is 39.2 Å². The van der Waals surface area contributed by atoms with Crippen LogP contribution < -0.4 is 11.1 Å². The van der Waals surface area contributed by atoms with E-state index in [1.807, 2.05) is 33.8 Å². The summed E-state index contributed by atoms with van der Waals surface area (Å²) in [6, 6.07) is 1.93. The van der Waals surface area contributed by atoms with Crippen LogP contribution in [0.2, 0.25) is 0 Å². The first-order chi connectivity index (χ1) is 8.83. The van der Waals surface area contributed by atoms with Crippen LogP contribution in [0.4, 0.5) is 4.79 Å². The van der Waals surface area contributed by atoms with Crippen molar-refractivity contribution in [3.8, 4) is 0 Å². The van der Waals surface area contributed by atoms with Gasteiger partial charge in [-0.2, -0.15) is 0 Å². The molecule has 1 aromatic rings. The second kappa shape index (κ2) is 6.52. The number of pyridine rings is 1. The Labute approximate surface area is 114 Å². The van der Waals surface area contributed by atoms with Crippen LogP contribution in [0.1, 0.15) is 37.8 Å². The lowest BCUT2D eigenvalue weighted by Crippen LogP contribution is -2.36. The molecular weight excluding hydrogens is 242 g/mol. The number of carbonyl (C=O) groups excluding carboxylic acids is 1. The Hall–Kier alpha value is -1.62. The first-order valence-electron chi connectivity index (χ1n) is 6.41. The highest BCUT2D eigenvalue weighted by atomic mass is 16.6. The molecule has 0 bridgehead atoms. The van der Waals surface area contributed by atoms with Crippen LogP contribution >= 0.6 is 0 Å². The zero-order chi connectivity index (χ0) is 14.5. The molecule has 1 amide bonds. The molecule has 1 atom stereocenters. The monoisotopic (exact) mass is 265 g/mol. The van der Waals surface area contributed by atoms with Crippen LogP contribution in [-0.2, 0) is 4.74 Å². The molecule has 19 heavy (non-hydrogen) atoms. The summed E-state index contributed by atoms with van der Waals surface area (Å²) in [7, 11) is 0. The molecule has 0 fully saturated rings. The van der Waals surface area contributed by atoms with Gasteiger partial charge in [-0.25, -0.2) is 4.79 Å². The standard InChI is InChI=1S/C14H23N3O2/c1-10-8-16-6-5-12(10)11(7-15)9-17-13(18)19-14(2,3)4/h5-6,8,11H,7,9,15H2,1-4H3,(H,17,18). The number of alkyl carbamates (subject to hydrolysis) is 1. The maximum Gasteiger partial charge on any atom is 0.407 e. The van der Waals surface area contributed by atoms with Crippen LogP contribution in [0.15, 0.2) is 18.5 Å². The first-order valence-corrected chi connectivity index (χ1v) is 6.41. The molecule has 1 heterocycles. The number of aromatic nitrogens is 1. The van der Waals surface area contributed by atoms with E-state index in [2.05, 4.69) is 10.3 Å². The first kappa shape index (κ1) is 15.4. The number of amides is 1. The molecule has 0 saturated heterocycles. The zero-order valence-electron chi connectivity index (χ0n) is 12.1. The van der Waals surface area contributed by atoms with Crippen LogP contribution in [-0.4, -0.2) is 29.8 Å². The van der Waals surface area contributed by atoms with E-state index in [0.717, 1.165) is 11.1 Å². The molecule has 1 rings (SSSR count). The molecule has 3 N–H and O–H groups in total. The summed E-state index contributed by atoms with van der Waals surface area (Å²) in [5.41, 5.74) is 7.46. The van der Waals surface area contributed by atoms with Crippen molar-refractivity contribution >= 4 is 6.09 Å². The number of nitrogens with one attached hydrogen (secondary N) is 1. The summed E-state index contributed by atoms with van der Waals surface area (Å²) in [4.78, 5) is 15.7. The summed E-state index contributed by atoms with van der Waals surface area (Å²) in [5, 5.41) is 2.75. The molecule has 0 spiro atoms. The van der Waals surface area contributed by atoms with Crippen LogP contribution in [0, 0.1) is 6.92 Å². The van der Waals surface area contributed by atoms with Crippen molar-refractivity contribution in [2.24, 2.45) is 5.73 Å². The minimum absolute atomic E-state index is 0.0653. The van der Waals surface area contributed by atoms with Crippen molar-refractivity contribution in [3.63, 3.8) is 0 Å². The van der Waals surface area contributed by atoms with E-state index < -0.39 is 11.7 Å². The fourth-order valence-corrected chi connectivity index (χ4v) is 1.78. The van der Waals surface area contributed by atoms with E-state index in [1.165, 1.54) is 0 Å². The third-order valence-electron chi connectivity index (χ3n) is 2.68. The van der Waals surface area contributed by atoms with Gasteiger partial charge < -0.3 is 15.8 Å². The molecule has 106 valence electrons. The normalized spacial score (nSPS) is 12.9. The third-order valence-corrected chi connectivity index (χ3v) is 2.68. The van der Waals surface area contributed by atoms with Crippen LogP contribution in [0.3, 0.4) is 0 Å². The highest BCUT2D eigenvalue weighted by Crippen LogP contribution is 2.17. The molecule has 5 nitrogen and oxygen atoms in total. The third kappa shape index (κ3) is 5.26. The van der Waals surface area contributed by atoms with Gasteiger partial charge in [0.05, 0.1) is 0 Å². The average Bonchev–Trinajstić information content (AvgIpc) is 2.29. The van der Waals surface area contributed by atoms with Gasteiger partial charge >= 0.3 is 6.09 Å². The number of rotatable bonds is 4. The van der Waals surface area contributed by atoms with Gasteiger partial charge in [-0.15, -0.1) is 0 Å². The van der Waals surface area contributed by atoms with Gasteiger partial charge in [-0.3, -0.25) is 4.98 Å². The highest BCUT2D eigenvalue weighted by molar-refractivity contribution is 5.67. The lowest BCUT2D eigenvalue weighted by atomic mass is 9.96. The summed E-state index contributed by atoms with van der Waals surface area (Å²) >= 11 is 0. The van der Waals surface area contributed by atoms with E-state index in [9.17, 15) is 4.79 Å². The lowest BCUT2D eigenvalue weighted by Gasteiger charge is -2.22. The van der Waals surface area contributed by atoms with Gasteiger partial charge in [0.15, 0.2) is 0 Å². The van der Waals surface area contributed by atoms with Gasteiger partial charge in [-0.05, 0) is 44.9 Å². The summed E-state index contributed by atoms with van der Waals surface area (Å²) in [6.45, 7) is 8.40. The van der Waals surface area contributed by atoms with Gasteiger partial charge in [-0.1, -0.05) is 0 Å². The number of ether oxygens (including phenoxy) is 1. The molecule has 0 radical (unpaired) electrons. The molecule has 1 unspecified atom stereocenters. The molecule has 0 aliphatic rings. The van der Waals surface area contributed by atoms with E-state index in [0.29, 0.717) is 13.1 Å². The molecular formula is C14H23N3O2. The summed E-state index contributed by atoms with van der Waals surface area (Å²) in [6.07, 6.45) is 3.11. The number of hydrogen-bond donors (Lipinski definition) is 2. The maximum absolute atomic E-state index is 11.6. The predicted octanol–water partition coefficient (Wildman–Crippen LogP) is 1.96. The molecule has 0 aromatic carbocycles. The van der Waals surface area contributed by atoms with Crippen molar-refractivity contribution in [1.29, 1.82) is 0 Å². The summed E-state index contributed by atoms with van der Waals surface area (Å²) < 4.78 is 5.20. The zero-order valence-corrected chi connectivity index (χ0v) is 12.1. The van der Waals surface area contributed by atoms with Gasteiger partial charge in [0.2, 0.25) is 0 Å². The maximum atomic E-state index is 11.6. The quantitative estimate of drug-likeness (QED) is 0.872. The SMILES string of the molecule is Cc1cnccc1C(CN)CNC(=O)OC(C)(C)C. The molecule has 5 heteroatoms. The number of carbonyl (C=O) groups is 1. The molecule has 1 aromatic heterocycles. The van der Waals surface area contributed by atoms with Crippen molar-refractivity contribution in [1.82, 2.24) is 10.3 Å². The Morgan fingerprint density at radius 3 is 2.74 bits per heavy atom. The van der Waals surface area contributed by atoms with Crippen molar-refractivity contribution < 1.29 is 9.53 Å². The minimum atomic E-state index is -0.491. The van der Waals surface area contributed by atoms with Crippen molar-refractivity contribution in [2.75, 3.05) is 13.1 Å². The predicted molar refractivity (Wildman–Crippen MR) is 75.0 cm³/mol. The Morgan fingerprint density at radius 1 is 1.53 bits per heavy atom. The van der Waals surface area contributed by atoms with E-state index in [-0.39, 0.29) is 5.92 Å². The van der Waals surface area contributed by atoms with Gasteiger partial charge in [0.25, 0.3) is 0 Å². The largest absolute Gasteiger partial charge is 0.444 e. The number of nitrogens with two attached hydrogens (primary N) is 1. The second-order valence-electron chi connectivity index (χ2n) is 5.55. The van der Waals surface area contributed by atoms with Gasteiger partial charge in [0.1, 0.15) is 5.60 Å². The Morgan fingerprint density at radius 2 is 2.21 bits per heavy atom. The van der Waals surface area contributed by atoms with Crippen LogP contribution in [0.5, 0.6) is 0 Å². The van der Waals surface area contributed by atoms with Crippen molar-refractivity contribution in [3.05, 3.63) is 29.6 Å². The Balaban J connectivity index is 2.59. The fourth-order valence-electron chi connectivity index (χ4n) is 1.78. The Bertz CT molecular complexity index is 427. The van der Waals surface area contributed by atoms with E-state index in [4.69, 9.17) is 10.5 Å². The second-order valence-corrected chi connectivity index (χ2v) is 5.55. The lowest BCUT2D eigenvalue weighted by molar-refractivity contribution is 0.0525. The Kier molecular flexibility index (Phi) is 5.30. The highest BCUT2D eigenvalue weighted by Gasteiger charge is 2.18. The minimum Gasteiger partial charge on any atom is -0.444 e. The molecule has 0 aliphatic carbocycles. The number of aryl methyl sites for hydroxylation is 1. The number of nitrogens with zero attached hydrogens (tertiary/aromatic N) is 1. The smallest absolute Gasteiger partial charge is 0.407 e. The number of hydrogen-bond acceptors (Lipinski definition) is 4. The molecule has 0 saturated carbocycles. The van der Waals surface area contributed by atoms with E-state index >= 15 is 0 Å². The van der Waals surface area contributed by atoms with Gasteiger partial charge in [0, 0.05) is 31.4 Å². The fraction of sp³-hybridized carbons (Fsp3) is 0.571. The average molecular weight is 265 g/mol. The topological polar surface area (TPSA) is 77.2 Å².